The smallest absolute Gasteiger partial charge is 0.340 e. The molecule has 0 heterocycles. The van der Waals surface area contributed by atoms with E-state index in [0.29, 0.717) is 29.8 Å². The van der Waals surface area contributed by atoms with Crippen molar-refractivity contribution in [3.8, 4) is 0 Å². The number of benzene rings is 1. The van der Waals surface area contributed by atoms with Gasteiger partial charge in [0.2, 0.25) is 0 Å². The van der Waals surface area contributed by atoms with E-state index in [1.54, 1.807) is 19.1 Å². The van der Waals surface area contributed by atoms with Crippen LogP contribution in [0.3, 0.4) is 0 Å². The van der Waals surface area contributed by atoms with Crippen molar-refractivity contribution >= 4 is 17.3 Å². The second-order valence-electron chi connectivity index (χ2n) is 5.32. The Morgan fingerprint density at radius 1 is 1.35 bits per heavy atom. The maximum Gasteiger partial charge on any atom is 0.340 e. The minimum absolute atomic E-state index is 0.293. The van der Waals surface area contributed by atoms with Gasteiger partial charge in [0.05, 0.1) is 12.2 Å². The van der Waals surface area contributed by atoms with Gasteiger partial charge in [-0.1, -0.05) is 20.3 Å². The van der Waals surface area contributed by atoms with Crippen LogP contribution in [0.2, 0.25) is 0 Å². The molecule has 0 saturated carbocycles. The molecule has 0 radical (unpaired) electrons. The van der Waals surface area contributed by atoms with Crippen LogP contribution in [0.25, 0.3) is 0 Å². The summed E-state index contributed by atoms with van der Waals surface area (Å²) in [7, 11) is 0. The Balaban J connectivity index is 2.85. The molecule has 4 nitrogen and oxygen atoms in total. The lowest BCUT2D eigenvalue weighted by atomic mass is 10.00. The molecule has 0 aliphatic rings. The summed E-state index contributed by atoms with van der Waals surface area (Å²) in [5.74, 6) is 0.315. The van der Waals surface area contributed by atoms with Crippen molar-refractivity contribution in [1.29, 1.82) is 0 Å². The number of carbonyl (C=O) groups is 1. The van der Waals surface area contributed by atoms with Gasteiger partial charge in [0.15, 0.2) is 0 Å². The fourth-order valence-corrected chi connectivity index (χ4v) is 2.16. The number of esters is 1. The summed E-state index contributed by atoms with van der Waals surface area (Å²) < 4.78 is 5.07. The average molecular weight is 278 g/mol. The van der Waals surface area contributed by atoms with Gasteiger partial charge >= 0.3 is 5.97 Å². The van der Waals surface area contributed by atoms with Crippen LogP contribution in [0.4, 0.5) is 11.4 Å². The minimum atomic E-state index is -0.335. The summed E-state index contributed by atoms with van der Waals surface area (Å²) in [5.41, 5.74) is 7.61. The van der Waals surface area contributed by atoms with Crippen molar-refractivity contribution < 1.29 is 9.53 Å². The highest BCUT2D eigenvalue weighted by atomic mass is 16.5. The number of hydrogen-bond donors (Lipinski definition) is 2. The van der Waals surface area contributed by atoms with Crippen LogP contribution in [-0.4, -0.2) is 18.6 Å². The normalized spacial score (nSPS) is 13.6. The molecule has 0 bridgehead atoms. The highest BCUT2D eigenvalue weighted by Crippen LogP contribution is 2.22. The van der Waals surface area contributed by atoms with E-state index in [1.807, 2.05) is 6.07 Å². The van der Waals surface area contributed by atoms with Gasteiger partial charge in [0.1, 0.15) is 0 Å². The van der Waals surface area contributed by atoms with E-state index in [0.717, 1.165) is 18.5 Å². The molecule has 0 saturated heterocycles. The molecule has 20 heavy (non-hydrogen) atoms. The van der Waals surface area contributed by atoms with Gasteiger partial charge in [-0.05, 0) is 44.4 Å². The van der Waals surface area contributed by atoms with E-state index < -0.39 is 0 Å². The molecule has 1 rings (SSSR count). The molecule has 0 aliphatic heterocycles. The molecule has 0 aromatic heterocycles. The van der Waals surface area contributed by atoms with Crippen LogP contribution in [0.15, 0.2) is 18.2 Å². The number of anilines is 2. The van der Waals surface area contributed by atoms with Crippen LogP contribution < -0.4 is 11.1 Å². The van der Waals surface area contributed by atoms with Crippen molar-refractivity contribution in [2.24, 2.45) is 5.92 Å². The Morgan fingerprint density at radius 2 is 2.05 bits per heavy atom. The average Bonchev–Trinajstić information content (AvgIpc) is 2.40. The maximum absolute atomic E-state index is 12.0. The fourth-order valence-electron chi connectivity index (χ4n) is 2.16. The van der Waals surface area contributed by atoms with Gasteiger partial charge < -0.3 is 15.8 Å². The first-order valence-corrected chi connectivity index (χ1v) is 7.31. The highest BCUT2D eigenvalue weighted by Gasteiger charge is 2.15. The second-order valence-corrected chi connectivity index (χ2v) is 5.32. The van der Waals surface area contributed by atoms with E-state index in [1.165, 1.54) is 0 Å². The molecular weight excluding hydrogens is 252 g/mol. The molecule has 1 aromatic carbocycles. The molecule has 0 spiro atoms. The SMILES string of the molecule is CCOC(=O)c1cc(N)ccc1NC(C)CC(C)CC. The van der Waals surface area contributed by atoms with Crippen LogP contribution in [0.5, 0.6) is 0 Å². The lowest BCUT2D eigenvalue weighted by Gasteiger charge is -2.20. The van der Waals surface area contributed by atoms with Crippen LogP contribution in [0, 0.1) is 5.92 Å². The van der Waals surface area contributed by atoms with E-state index in [4.69, 9.17) is 10.5 Å². The van der Waals surface area contributed by atoms with Gasteiger partial charge in [-0.2, -0.15) is 0 Å². The first kappa shape index (κ1) is 16.3. The van der Waals surface area contributed by atoms with Gasteiger partial charge in [-0.25, -0.2) is 4.79 Å². The molecule has 2 atom stereocenters. The summed E-state index contributed by atoms with van der Waals surface area (Å²) in [4.78, 5) is 12.0. The van der Waals surface area contributed by atoms with Gasteiger partial charge in [0, 0.05) is 17.4 Å². The Morgan fingerprint density at radius 3 is 2.65 bits per heavy atom. The molecule has 2 unspecified atom stereocenters. The predicted molar refractivity (Wildman–Crippen MR) is 84.0 cm³/mol. The number of ether oxygens (including phenoxy) is 1. The zero-order chi connectivity index (χ0) is 15.1. The van der Waals surface area contributed by atoms with Crippen LogP contribution in [0.1, 0.15) is 50.9 Å². The third-order valence-corrected chi connectivity index (χ3v) is 3.39. The van der Waals surface area contributed by atoms with E-state index >= 15 is 0 Å². The van der Waals surface area contributed by atoms with Crippen LogP contribution >= 0.6 is 0 Å². The number of nitrogens with one attached hydrogen (secondary N) is 1. The number of carbonyl (C=O) groups excluding carboxylic acids is 1. The monoisotopic (exact) mass is 278 g/mol. The molecule has 0 amide bonds. The zero-order valence-electron chi connectivity index (χ0n) is 12.9. The Kier molecular flexibility index (Phi) is 6.36. The number of nitrogens with two attached hydrogens (primary N) is 1. The molecule has 3 N–H and O–H groups in total. The fraction of sp³-hybridized carbons (Fsp3) is 0.562. The first-order valence-electron chi connectivity index (χ1n) is 7.31. The summed E-state index contributed by atoms with van der Waals surface area (Å²) >= 11 is 0. The summed E-state index contributed by atoms with van der Waals surface area (Å²) in [6.07, 6.45) is 2.21. The summed E-state index contributed by atoms with van der Waals surface area (Å²) in [6, 6.07) is 5.59. The second kappa shape index (κ2) is 7.78. The molecule has 0 fully saturated rings. The summed E-state index contributed by atoms with van der Waals surface area (Å²) in [6.45, 7) is 8.69. The Labute approximate surface area is 121 Å². The lowest BCUT2D eigenvalue weighted by Crippen LogP contribution is -2.20. The summed E-state index contributed by atoms with van der Waals surface area (Å²) in [5, 5.41) is 3.39. The standard InChI is InChI=1S/C16H26N2O2/c1-5-11(3)9-12(4)18-15-8-7-13(17)10-14(15)16(19)20-6-2/h7-8,10-12,18H,5-6,9,17H2,1-4H3. The number of hydrogen-bond acceptors (Lipinski definition) is 4. The molecule has 1 aromatic rings. The number of nitrogen functional groups attached to an aromatic ring is 1. The largest absolute Gasteiger partial charge is 0.462 e. The van der Waals surface area contributed by atoms with Gasteiger partial charge in [0.25, 0.3) is 0 Å². The molecule has 0 aliphatic carbocycles. The minimum Gasteiger partial charge on any atom is -0.462 e. The quantitative estimate of drug-likeness (QED) is 0.590. The predicted octanol–water partition coefficient (Wildman–Crippen LogP) is 3.68. The van der Waals surface area contributed by atoms with Crippen molar-refractivity contribution in [2.75, 3.05) is 17.7 Å². The van der Waals surface area contributed by atoms with E-state index in [-0.39, 0.29) is 5.97 Å². The van der Waals surface area contributed by atoms with Crippen molar-refractivity contribution in [2.45, 2.75) is 46.6 Å². The lowest BCUT2D eigenvalue weighted by molar-refractivity contribution is 0.0527. The Bertz CT molecular complexity index is 446. The van der Waals surface area contributed by atoms with E-state index in [2.05, 4.69) is 26.1 Å². The third kappa shape index (κ3) is 4.76. The van der Waals surface area contributed by atoms with Gasteiger partial charge in [-0.15, -0.1) is 0 Å². The molecule has 112 valence electrons. The third-order valence-electron chi connectivity index (χ3n) is 3.39. The van der Waals surface area contributed by atoms with Crippen molar-refractivity contribution in [3.63, 3.8) is 0 Å². The highest BCUT2D eigenvalue weighted by molar-refractivity contribution is 5.96. The van der Waals surface area contributed by atoms with Crippen LogP contribution in [-0.2, 0) is 4.74 Å². The molecular formula is C16H26N2O2. The first-order chi connectivity index (χ1) is 9.47. The molecule has 4 heteroatoms. The van der Waals surface area contributed by atoms with Crippen molar-refractivity contribution in [3.05, 3.63) is 23.8 Å². The number of rotatable bonds is 7. The zero-order valence-corrected chi connectivity index (χ0v) is 12.9. The Hall–Kier alpha value is -1.71. The van der Waals surface area contributed by atoms with Gasteiger partial charge in [-0.3, -0.25) is 0 Å². The van der Waals surface area contributed by atoms with E-state index in [9.17, 15) is 4.79 Å². The van der Waals surface area contributed by atoms with Crippen molar-refractivity contribution in [1.82, 2.24) is 0 Å². The topological polar surface area (TPSA) is 64.3 Å². The maximum atomic E-state index is 12.0.